The summed E-state index contributed by atoms with van der Waals surface area (Å²) in [6, 6.07) is 8.95. The topological polar surface area (TPSA) is 32.3 Å². The van der Waals surface area contributed by atoms with Crippen molar-refractivity contribution in [2.45, 2.75) is 45.6 Å². The van der Waals surface area contributed by atoms with Crippen molar-refractivity contribution >= 4 is 5.91 Å². The summed E-state index contributed by atoms with van der Waals surface area (Å²) < 4.78 is 0. The summed E-state index contributed by atoms with van der Waals surface area (Å²) in [7, 11) is 1.97. The summed E-state index contributed by atoms with van der Waals surface area (Å²) in [6.45, 7) is 6.16. The summed E-state index contributed by atoms with van der Waals surface area (Å²) in [5, 5.41) is 3.34. The van der Waals surface area contributed by atoms with Gasteiger partial charge in [-0.25, -0.2) is 0 Å². The fourth-order valence-corrected chi connectivity index (χ4v) is 3.08. The van der Waals surface area contributed by atoms with Crippen LogP contribution in [0.4, 0.5) is 0 Å². The molecule has 2 rings (SSSR count). The number of nitrogens with zero attached hydrogens (tertiary/aromatic N) is 1. The number of carbonyl (C=O) groups is 1. The quantitative estimate of drug-likeness (QED) is 0.903. The van der Waals surface area contributed by atoms with Crippen molar-refractivity contribution < 1.29 is 4.79 Å². The normalized spacial score (nSPS) is 20.0. The molecule has 0 aromatic heterocycles. The third-order valence-electron chi connectivity index (χ3n) is 4.60. The molecule has 1 amide bonds. The van der Waals surface area contributed by atoms with E-state index in [4.69, 9.17) is 0 Å². The van der Waals surface area contributed by atoms with E-state index in [1.54, 1.807) is 0 Å². The lowest BCUT2D eigenvalue weighted by atomic mass is 9.96. The lowest BCUT2D eigenvalue weighted by Gasteiger charge is -2.32. The smallest absolute Gasteiger partial charge is 0.226 e. The standard InChI is InChI=1S/C18H28N2O/c1-4-17(12-15-9-7-14(2)8-10-15)20(3)18(21)16-6-5-11-19-13-16/h7-10,16-17,19H,4-6,11-13H2,1-3H3. The summed E-state index contributed by atoms with van der Waals surface area (Å²) in [4.78, 5) is 14.6. The number of aryl methyl sites for hydroxylation is 1. The first kappa shape index (κ1) is 16.0. The molecule has 116 valence electrons. The molecule has 0 saturated carbocycles. The Labute approximate surface area is 128 Å². The molecule has 0 spiro atoms. The second-order valence-corrected chi connectivity index (χ2v) is 6.24. The highest BCUT2D eigenvalue weighted by atomic mass is 16.2. The zero-order chi connectivity index (χ0) is 15.2. The number of amides is 1. The molecule has 21 heavy (non-hydrogen) atoms. The minimum Gasteiger partial charge on any atom is -0.342 e. The van der Waals surface area contributed by atoms with Gasteiger partial charge in [-0.05, 0) is 44.7 Å². The Kier molecular flexibility index (Phi) is 5.80. The zero-order valence-corrected chi connectivity index (χ0v) is 13.6. The van der Waals surface area contributed by atoms with Crippen LogP contribution in [0.3, 0.4) is 0 Å². The molecule has 2 atom stereocenters. The average Bonchev–Trinajstić information content (AvgIpc) is 2.54. The Morgan fingerprint density at radius 1 is 1.38 bits per heavy atom. The Balaban J connectivity index is 1.98. The van der Waals surface area contributed by atoms with E-state index >= 15 is 0 Å². The fraction of sp³-hybridized carbons (Fsp3) is 0.611. The highest BCUT2D eigenvalue weighted by Gasteiger charge is 2.27. The number of likely N-dealkylation sites (N-methyl/N-ethyl adjacent to an activating group) is 1. The number of hydrogen-bond donors (Lipinski definition) is 1. The van der Waals surface area contributed by atoms with Gasteiger partial charge in [0.15, 0.2) is 0 Å². The van der Waals surface area contributed by atoms with E-state index in [1.807, 2.05) is 11.9 Å². The van der Waals surface area contributed by atoms with Gasteiger partial charge in [-0.2, -0.15) is 0 Å². The first-order chi connectivity index (χ1) is 10.1. The van der Waals surface area contributed by atoms with Crippen LogP contribution in [0.5, 0.6) is 0 Å². The summed E-state index contributed by atoms with van der Waals surface area (Å²) >= 11 is 0. The van der Waals surface area contributed by atoms with Crippen LogP contribution in [0.2, 0.25) is 0 Å². The van der Waals surface area contributed by atoms with E-state index < -0.39 is 0 Å². The van der Waals surface area contributed by atoms with Gasteiger partial charge in [0.2, 0.25) is 5.91 Å². The minimum atomic E-state index is 0.163. The second kappa shape index (κ2) is 7.60. The van der Waals surface area contributed by atoms with Crippen molar-refractivity contribution in [3.8, 4) is 0 Å². The van der Waals surface area contributed by atoms with E-state index in [9.17, 15) is 4.79 Å². The van der Waals surface area contributed by atoms with Gasteiger partial charge in [-0.3, -0.25) is 4.79 Å². The second-order valence-electron chi connectivity index (χ2n) is 6.24. The third-order valence-corrected chi connectivity index (χ3v) is 4.60. The number of rotatable bonds is 5. The molecule has 0 radical (unpaired) electrons. The van der Waals surface area contributed by atoms with Crippen LogP contribution in [0.15, 0.2) is 24.3 Å². The maximum Gasteiger partial charge on any atom is 0.226 e. The van der Waals surface area contributed by atoms with Crippen molar-refractivity contribution in [3.05, 3.63) is 35.4 Å². The van der Waals surface area contributed by atoms with Crippen molar-refractivity contribution in [2.75, 3.05) is 20.1 Å². The number of nitrogens with one attached hydrogen (secondary N) is 1. The highest BCUT2D eigenvalue weighted by Crippen LogP contribution is 2.18. The summed E-state index contributed by atoms with van der Waals surface area (Å²) in [5.74, 6) is 0.469. The predicted molar refractivity (Wildman–Crippen MR) is 87.3 cm³/mol. The molecule has 0 bridgehead atoms. The Morgan fingerprint density at radius 3 is 2.67 bits per heavy atom. The molecule has 0 aliphatic carbocycles. The van der Waals surface area contributed by atoms with Crippen LogP contribution in [-0.2, 0) is 11.2 Å². The van der Waals surface area contributed by atoms with Crippen LogP contribution in [0, 0.1) is 12.8 Å². The molecular weight excluding hydrogens is 260 g/mol. The lowest BCUT2D eigenvalue weighted by Crippen LogP contribution is -2.46. The molecule has 3 nitrogen and oxygen atoms in total. The average molecular weight is 288 g/mol. The molecule has 1 saturated heterocycles. The highest BCUT2D eigenvalue weighted by molar-refractivity contribution is 5.79. The first-order valence-electron chi connectivity index (χ1n) is 8.14. The molecule has 3 heteroatoms. The zero-order valence-electron chi connectivity index (χ0n) is 13.6. The minimum absolute atomic E-state index is 0.163. The van der Waals surface area contributed by atoms with E-state index in [2.05, 4.69) is 43.4 Å². The fourth-order valence-electron chi connectivity index (χ4n) is 3.08. The van der Waals surface area contributed by atoms with Crippen LogP contribution >= 0.6 is 0 Å². The van der Waals surface area contributed by atoms with Gasteiger partial charge in [0.05, 0.1) is 5.92 Å². The molecule has 1 fully saturated rings. The van der Waals surface area contributed by atoms with Crippen molar-refractivity contribution in [1.82, 2.24) is 10.2 Å². The molecule has 1 N–H and O–H groups in total. The Morgan fingerprint density at radius 2 is 2.10 bits per heavy atom. The van der Waals surface area contributed by atoms with Gasteiger partial charge in [-0.1, -0.05) is 36.8 Å². The van der Waals surface area contributed by atoms with Crippen molar-refractivity contribution in [3.63, 3.8) is 0 Å². The van der Waals surface area contributed by atoms with Crippen LogP contribution in [-0.4, -0.2) is 37.0 Å². The van der Waals surface area contributed by atoms with Gasteiger partial charge in [0, 0.05) is 19.6 Å². The Hall–Kier alpha value is -1.35. The predicted octanol–water partition coefficient (Wildman–Crippen LogP) is 2.77. The van der Waals surface area contributed by atoms with E-state index in [0.717, 1.165) is 38.8 Å². The molecule has 1 aliphatic heterocycles. The summed E-state index contributed by atoms with van der Waals surface area (Å²) in [5.41, 5.74) is 2.60. The molecule has 1 aromatic carbocycles. The largest absolute Gasteiger partial charge is 0.342 e. The van der Waals surface area contributed by atoms with Gasteiger partial charge >= 0.3 is 0 Å². The monoisotopic (exact) mass is 288 g/mol. The van der Waals surface area contributed by atoms with Crippen LogP contribution in [0.25, 0.3) is 0 Å². The molecular formula is C18H28N2O. The maximum atomic E-state index is 12.6. The van der Waals surface area contributed by atoms with E-state index in [1.165, 1.54) is 11.1 Å². The number of benzene rings is 1. The number of hydrogen-bond acceptors (Lipinski definition) is 2. The van der Waals surface area contributed by atoms with Crippen LogP contribution < -0.4 is 5.32 Å². The van der Waals surface area contributed by atoms with E-state index in [0.29, 0.717) is 11.9 Å². The SMILES string of the molecule is CCC(Cc1ccc(C)cc1)N(C)C(=O)C1CCCNC1. The maximum absolute atomic E-state index is 12.6. The van der Waals surface area contributed by atoms with Crippen molar-refractivity contribution in [2.24, 2.45) is 5.92 Å². The lowest BCUT2D eigenvalue weighted by molar-refractivity contribution is -0.136. The van der Waals surface area contributed by atoms with Gasteiger partial charge in [0.1, 0.15) is 0 Å². The van der Waals surface area contributed by atoms with Crippen LogP contribution in [0.1, 0.15) is 37.3 Å². The first-order valence-corrected chi connectivity index (χ1v) is 8.14. The molecule has 1 aliphatic rings. The molecule has 1 heterocycles. The number of carbonyl (C=O) groups excluding carboxylic acids is 1. The molecule has 1 aromatic rings. The van der Waals surface area contributed by atoms with Gasteiger partial charge < -0.3 is 10.2 Å². The summed E-state index contributed by atoms with van der Waals surface area (Å²) in [6.07, 6.45) is 4.07. The third kappa shape index (κ3) is 4.31. The molecule has 2 unspecified atom stereocenters. The van der Waals surface area contributed by atoms with Gasteiger partial charge in [-0.15, -0.1) is 0 Å². The van der Waals surface area contributed by atoms with Crippen molar-refractivity contribution in [1.29, 1.82) is 0 Å². The number of piperidine rings is 1. The Bertz CT molecular complexity index is 449. The van der Waals surface area contributed by atoms with E-state index in [-0.39, 0.29) is 5.92 Å². The van der Waals surface area contributed by atoms with Gasteiger partial charge in [0.25, 0.3) is 0 Å².